The Labute approximate surface area is 735 Å². The molecule has 4 atom stereocenters. The quantitative estimate of drug-likeness (QED) is 0.00907. The Morgan fingerprint density at radius 2 is 0.740 bits per heavy atom. The minimum absolute atomic E-state index is 0.00387. The second-order valence-corrected chi connectivity index (χ2v) is 31.0. The summed E-state index contributed by atoms with van der Waals surface area (Å²) in [5, 5.41) is 12.3. The van der Waals surface area contributed by atoms with Gasteiger partial charge in [-0.3, -0.25) is 57.7 Å². The van der Waals surface area contributed by atoms with Crippen LogP contribution in [0.3, 0.4) is 0 Å². The zero-order chi connectivity index (χ0) is 89.5. The number of hydrogen-bond donors (Lipinski definition) is 4. The third-order valence-electron chi connectivity index (χ3n) is 23.2. The second kappa shape index (κ2) is 40.6. The molecular formula is C101H100N8O18. The van der Waals surface area contributed by atoms with Gasteiger partial charge in [-0.15, -0.1) is 0 Å². The van der Waals surface area contributed by atoms with Gasteiger partial charge in [-0.2, -0.15) is 0 Å². The molecule has 14 rings (SSSR count). The number of ether oxygens (including phenoxy) is 8. The number of benzene rings is 11. The average Bonchev–Trinajstić information content (AvgIpc) is 0.668. The summed E-state index contributed by atoms with van der Waals surface area (Å²) in [6.07, 6.45) is 7.22. The molecule has 0 saturated heterocycles. The number of fused-ring (bicyclic) bond motifs is 3. The number of likely N-dealkylation sites (N-methyl/N-ethyl adjacent to an activating group) is 2. The minimum atomic E-state index is -1.41. The first-order valence-corrected chi connectivity index (χ1v) is 42.5. The summed E-state index contributed by atoms with van der Waals surface area (Å²) in [5.41, 5.74) is 5.08. The molecule has 652 valence electrons. The SMILES string of the molecule is C=CC(=O)NCCOCCc1ccc(Oc2cc3c4c(cc(Oc5ccc(CCOCCNC(=O)C=C)cc5)c5c6c(Oc7ccc(CCOCCNC(=O)C=C)cc7)cc7c8c(cc(Oc9ccc(CCOCCNC(=O)C=C)cc9)c(c2c45)c86)C(=O)N(C2C(=O)N(C)c4ccccc4C2CC)C7=O)C(=O)N(C(C(=O)N(C)c2ccccc2)C(C)CC)C3=O)cc1. The molecule has 3 heterocycles. The molecule has 0 spiro atoms. The maximum atomic E-state index is 16.8. The first kappa shape index (κ1) is 89.1. The van der Waals surface area contributed by atoms with Crippen molar-refractivity contribution in [3.63, 3.8) is 0 Å². The number of nitrogens with zero attached hydrogens (tertiary/aromatic N) is 4. The van der Waals surface area contributed by atoms with Crippen molar-refractivity contribution in [1.82, 2.24) is 31.1 Å². The van der Waals surface area contributed by atoms with E-state index in [0.29, 0.717) is 76.3 Å². The smallest absolute Gasteiger partial charge is 0.262 e. The van der Waals surface area contributed by atoms with E-state index in [1.165, 1.54) is 34.1 Å². The molecule has 3 aliphatic rings. The number of carbonyl (C=O) groups is 10. The molecule has 11 aromatic carbocycles. The van der Waals surface area contributed by atoms with Crippen LogP contribution in [0.4, 0.5) is 11.4 Å². The topological polar surface area (TPSA) is 306 Å². The zero-order valence-corrected chi connectivity index (χ0v) is 71.6. The number of imide groups is 2. The standard InChI is InChI=1S/C101H100N8O18/c1-10-61(7)94(100(118)106(8)66-21-17-16-18-22-66)108-96(114)73-57-78(124-67-33-25-62(26-34-67)41-49-120-53-45-102-82(110)12-3)88-90-80(126-69-37-29-64(30-38-69)43-51-122-55-47-104-84(112)14-5)59-75-87-76(99(117)109(98(75)116)95-71(11-2)72-23-19-20-24-77(72)107(9)101(95)119)60-81(127-70-39-31-65(32-40-70)44-52-123-56-48-105-85(113)15-6)91(93(87)90)89-79(58-74(97(108)115)86(73)92(88)89)125-68-35-27-63(28-36-68)42-50-121-54-46-103-83(111)13-4/h12-40,57-61,71,94-95H,3-6,10-11,41-56H2,1-2,7-9H3,(H,102,110)(H,103,111)(H,104,112)(H,105,113). The maximum Gasteiger partial charge on any atom is 0.262 e. The van der Waals surface area contributed by atoms with E-state index < -0.39 is 59.4 Å². The summed E-state index contributed by atoms with van der Waals surface area (Å²) in [6.45, 7) is 22.9. The fourth-order valence-corrected chi connectivity index (χ4v) is 16.5. The molecule has 0 fully saturated rings. The summed E-state index contributed by atoms with van der Waals surface area (Å²) in [7, 11) is 3.22. The monoisotopic (exact) mass is 1710 g/mol. The highest BCUT2D eigenvalue weighted by atomic mass is 16.5. The molecule has 127 heavy (non-hydrogen) atoms. The highest BCUT2D eigenvalue weighted by Crippen LogP contribution is 2.59. The van der Waals surface area contributed by atoms with Crippen LogP contribution in [0.15, 0.2) is 227 Å². The second-order valence-electron chi connectivity index (χ2n) is 31.0. The van der Waals surface area contributed by atoms with Crippen LogP contribution in [-0.2, 0) is 73.4 Å². The summed E-state index contributed by atoms with van der Waals surface area (Å²) >= 11 is 0. The van der Waals surface area contributed by atoms with Gasteiger partial charge in [0.05, 0.1) is 75.1 Å². The van der Waals surface area contributed by atoms with E-state index in [2.05, 4.69) is 47.6 Å². The first-order chi connectivity index (χ1) is 61.7. The number of rotatable bonds is 43. The fourth-order valence-electron chi connectivity index (χ4n) is 16.5. The Balaban J connectivity index is 1.05. The molecule has 11 aromatic rings. The normalized spacial score (nSPS) is 14.5. The first-order valence-electron chi connectivity index (χ1n) is 42.5. The Hall–Kier alpha value is -14.2. The van der Waals surface area contributed by atoms with E-state index in [9.17, 15) is 19.2 Å². The lowest BCUT2D eigenvalue weighted by Gasteiger charge is -2.43. The zero-order valence-electron chi connectivity index (χ0n) is 71.6. The Bertz CT molecular complexity index is 5770. The summed E-state index contributed by atoms with van der Waals surface area (Å²) in [5.74, 6) is -5.93. The molecule has 26 heteroatoms. The van der Waals surface area contributed by atoms with Crippen LogP contribution < -0.4 is 50.0 Å². The number of hydrogen-bond acceptors (Lipinski definition) is 18. The van der Waals surface area contributed by atoms with Gasteiger partial charge in [0.15, 0.2) is 0 Å². The van der Waals surface area contributed by atoms with E-state index in [-0.39, 0.29) is 188 Å². The van der Waals surface area contributed by atoms with E-state index in [4.69, 9.17) is 37.9 Å². The van der Waals surface area contributed by atoms with Gasteiger partial charge in [-0.25, -0.2) is 0 Å². The number of carbonyl (C=O) groups excluding carboxylic acids is 10. The lowest BCUT2D eigenvalue weighted by Crippen LogP contribution is -2.58. The third-order valence-corrected chi connectivity index (χ3v) is 23.2. The van der Waals surface area contributed by atoms with Crippen LogP contribution in [0.2, 0.25) is 0 Å². The molecule has 4 N–H and O–H groups in total. The van der Waals surface area contributed by atoms with Gasteiger partial charge < -0.3 is 69.0 Å². The summed E-state index contributed by atoms with van der Waals surface area (Å²) < 4.78 is 53.3. The van der Waals surface area contributed by atoms with Crippen molar-refractivity contribution in [3.8, 4) is 46.0 Å². The molecule has 3 aliphatic heterocycles. The number of anilines is 2. The van der Waals surface area contributed by atoms with Crippen molar-refractivity contribution in [3.05, 3.63) is 277 Å². The lowest BCUT2D eigenvalue weighted by atomic mass is 9.78. The van der Waals surface area contributed by atoms with Gasteiger partial charge in [0.25, 0.3) is 29.5 Å². The predicted octanol–water partition coefficient (Wildman–Crippen LogP) is 15.2. The molecule has 0 saturated carbocycles. The average molecular weight is 1710 g/mol. The van der Waals surface area contributed by atoms with E-state index in [0.717, 1.165) is 37.6 Å². The minimum Gasteiger partial charge on any atom is -0.457 e. The van der Waals surface area contributed by atoms with Crippen molar-refractivity contribution in [2.24, 2.45) is 5.92 Å². The number of para-hydroxylation sites is 2. The maximum absolute atomic E-state index is 16.8. The Kier molecular flexibility index (Phi) is 28.5. The van der Waals surface area contributed by atoms with E-state index in [1.807, 2.05) is 99.6 Å². The van der Waals surface area contributed by atoms with Crippen molar-refractivity contribution in [1.29, 1.82) is 0 Å². The molecule has 0 aromatic heterocycles. The number of amides is 10. The van der Waals surface area contributed by atoms with Crippen molar-refractivity contribution >= 4 is 114 Å². The van der Waals surface area contributed by atoms with Crippen LogP contribution in [0.25, 0.3) is 43.1 Å². The van der Waals surface area contributed by atoms with Crippen molar-refractivity contribution < 1.29 is 85.8 Å². The predicted molar refractivity (Wildman–Crippen MR) is 485 cm³/mol. The van der Waals surface area contributed by atoms with Crippen LogP contribution in [0.5, 0.6) is 46.0 Å². The van der Waals surface area contributed by atoms with Gasteiger partial charge in [-0.1, -0.05) is 138 Å². The number of nitrogens with one attached hydrogen (secondary N) is 4. The lowest BCUT2D eigenvalue weighted by molar-refractivity contribution is -0.124. The molecule has 0 bridgehead atoms. The van der Waals surface area contributed by atoms with Crippen molar-refractivity contribution in [2.75, 3.05) is 103 Å². The summed E-state index contributed by atoms with van der Waals surface area (Å²) in [4.78, 5) is 151. The van der Waals surface area contributed by atoms with Crippen LogP contribution in [-0.4, -0.2) is 174 Å². The van der Waals surface area contributed by atoms with E-state index >= 15 is 28.8 Å². The summed E-state index contributed by atoms with van der Waals surface area (Å²) in [6, 6.07) is 48.7. The van der Waals surface area contributed by atoms with Crippen molar-refractivity contribution in [2.45, 2.75) is 77.3 Å². The largest absolute Gasteiger partial charge is 0.457 e. The van der Waals surface area contributed by atoms with Gasteiger partial charge in [0.2, 0.25) is 29.5 Å². The van der Waals surface area contributed by atoms with Crippen LogP contribution >= 0.6 is 0 Å². The van der Waals surface area contributed by atoms with Gasteiger partial charge in [0.1, 0.15) is 58.1 Å². The fraction of sp³-hybridized carbons (Fsp3) is 0.267. The van der Waals surface area contributed by atoms with Crippen LogP contribution in [0.1, 0.15) is 109 Å². The Morgan fingerprint density at radius 1 is 0.417 bits per heavy atom. The Morgan fingerprint density at radius 3 is 1.06 bits per heavy atom. The van der Waals surface area contributed by atoms with Gasteiger partial charge in [0, 0.05) is 101 Å². The highest BCUT2D eigenvalue weighted by molar-refractivity contribution is 6.45. The molecule has 0 aliphatic carbocycles. The van der Waals surface area contributed by atoms with Gasteiger partial charge >= 0.3 is 0 Å². The molecular weight excluding hydrogens is 1610 g/mol. The highest BCUT2D eigenvalue weighted by Gasteiger charge is 2.51. The van der Waals surface area contributed by atoms with Crippen LogP contribution in [0, 0.1) is 5.92 Å². The molecule has 26 nitrogen and oxygen atoms in total. The molecule has 4 unspecified atom stereocenters. The van der Waals surface area contributed by atoms with Gasteiger partial charge in [-0.05, 0) is 181 Å². The third kappa shape index (κ3) is 19.2. The molecule has 0 radical (unpaired) electrons. The van der Waals surface area contributed by atoms with E-state index in [1.54, 1.807) is 111 Å². The molecule has 10 amide bonds.